The highest BCUT2D eigenvalue weighted by Crippen LogP contribution is 2.24. The topological polar surface area (TPSA) is 55.4 Å². The quantitative estimate of drug-likeness (QED) is 0.652. The van der Waals surface area contributed by atoms with Crippen LogP contribution in [0.5, 0.6) is 0 Å². The average molecular weight is 373 g/mol. The zero-order valence-electron chi connectivity index (χ0n) is 16.1. The molecule has 2 saturated carbocycles. The SMILES string of the molecule is C1CC2CC(C1)OCCOCCOC1CCCC(C1)OCCOCCO2. The van der Waals surface area contributed by atoms with E-state index in [9.17, 15) is 0 Å². The van der Waals surface area contributed by atoms with Crippen molar-refractivity contribution in [2.45, 2.75) is 75.8 Å². The van der Waals surface area contributed by atoms with E-state index in [-0.39, 0.29) is 0 Å². The first-order chi connectivity index (χ1) is 12.9. The van der Waals surface area contributed by atoms with Crippen molar-refractivity contribution in [1.82, 2.24) is 0 Å². The molecule has 1 heterocycles. The molecular weight excluding hydrogens is 336 g/mol. The van der Waals surface area contributed by atoms with Gasteiger partial charge in [-0.15, -0.1) is 0 Å². The molecule has 0 amide bonds. The van der Waals surface area contributed by atoms with Crippen LogP contribution in [0.3, 0.4) is 0 Å². The summed E-state index contributed by atoms with van der Waals surface area (Å²) < 4.78 is 35.2. The lowest BCUT2D eigenvalue weighted by atomic mass is 9.95. The molecular formula is C20H36O6. The van der Waals surface area contributed by atoms with E-state index < -0.39 is 0 Å². The molecule has 0 aromatic rings. The van der Waals surface area contributed by atoms with Gasteiger partial charge in [0.25, 0.3) is 0 Å². The Morgan fingerprint density at radius 1 is 0.385 bits per heavy atom. The zero-order chi connectivity index (χ0) is 17.9. The summed E-state index contributed by atoms with van der Waals surface area (Å²) in [7, 11) is 0. The number of rotatable bonds is 0. The van der Waals surface area contributed by atoms with Gasteiger partial charge in [-0.1, -0.05) is 0 Å². The van der Waals surface area contributed by atoms with Crippen LogP contribution < -0.4 is 0 Å². The van der Waals surface area contributed by atoms with Gasteiger partial charge in [0.1, 0.15) is 0 Å². The molecule has 152 valence electrons. The molecule has 3 aliphatic rings. The number of fused-ring (bicyclic) bond motifs is 4. The molecule has 1 aliphatic heterocycles. The summed E-state index contributed by atoms with van der Waals surface area (Å²) in [6, 6.07) is 0. The van der Waals surface area contributed by atoms with Gasteiger partial charge in [0.2, 0.25) is 0 Å². The van der Waals surface area contributed by atoms with Crippen molar-refractivity contribution < 1.29 is 28.4 Å². The number of hydrogen-bond acceptors (Lipinski definition) is 6. The molecule has 6 nitrogen and oxygen atoms in total. The van der Waals surface area contributed by atoms with Gasteiger partial charge in [0.15, 0.2) is 0 Å². The van der Waals surface area contributed by atoms with Crippen LogP contribution in [-0.2, 0) is 28.4 Å². The smallest absolute Gasteiger partial charge is 0.0704 e. The van der Waals surface area contributed by atoms with Gasteiger partial charge >= 0.3 is 0 Å². The Kier molecular flexibility index (Phi) is 9.67. The average Bonchev–Trinajstić information content (AvgIpc) is 2.66. The highest BCUT2D eigenvalue weighted by atomic mass is 16.6. The van der Waals surface area contributed by atoms with E-state index >= 15 is 0 Å². The molecule has 3 rings (SSSR count). The van der Waals surface area contributed by atoms with E-state index in [1.54, 1.807) is 0 Å². The largest absolute Gasteiger partial charge is 0.377 e. The molecule has 1 saturated heterocycles. The lowest BCUT2D eigenvalue weighted by molar-refractivity contribution is -0.0888. The third kappa shape index (κ3) is 7.79. The van der Waals surface area contributed by atoms with Gasteiger partial charge in [-0.2, -0.15) is 0 Å². The molecule has 4 bridgehead atoms. The van der Waals surface area contributed by atoms with Gasteiger partial charge in [-0.25, -0.2) is 0 Å². The minimum atomic E-state index is 0.299. The third-order valence-corrected chi connectivity index (χ3v) is 5.48. The van der Waals surface area contributed by atoms with E-state index in [0.29, 0.717) is 77.3 Å². The van der Waals surface area contributed by atoms with Crippen molar-refractivity contribution in [3.63, 3.8) is 0 Å². The summed E-state index contributed by atoms with van der Waals surface area (Å²) in [5.74, 6) is 0. The third-order valence-electron chi connectivity index (χ3n) is 5.48. The zero-order valence-corrected chi connectivity index (χ0v) is 16.1. The van der Waals surface area contributed by atoms with Crippen LogP contribution >= 0.6 is 0 Å². The van der Waals surface area contributed by atoms with Crippen molar-refractivity contribution in [2.75, 3.05) is 52.9 Å². The monoisotopic (exact) mass is 372 g/mol. The number of hydrogen-bond donors (Lipinski definition) is 0. The Hall–Kier alpha value is -0.240. The summed E-state index contributed by atoms with van der Waals surface area (Å²) in [5, 5.41) is 0. The van der Waals surface area contributed by atoms with Crippen molar-refractivity contribution >= 4 is 0 Å². The minimum absolute atomic E-state index is 0.299. The highest BCUT2D eigenvalue weighted by molar-refractivity contribution is 4.75. The van der Waals surface area contributed by atoms with Gasteiger partial charge in [-0.05, 0) is 51.4 Å². The predicted molar refractivity (Wildman–Crippen MR) is 97.5 cm³/mol. The van der Waals surface area contributed by atoms with Crippen LogP contribution in [0.2, 0.25) is 0 Å². The fourth-order valence-electron chi connectivity index (χ4n) is 4.11. The van der Waals surface area contributed by atoms with Gasteiger partial charge in [-0.3, -0.25) is 0 Å². The number of ether oxygens (including phenoxy) is 6. The Morgan fingerprint density at radius 3 is 1.00 bits per heavy atom. The van der Waals surface area contributed by atoms with Crippen LogP contribution in [0.25, 0.3) is 0 Å². The maximum atomic E-state index is 5.97. The molecule has 3 fully saturated rings. The molecule has 4 atom stereocenters. The standard InChI is InChI=1S/C20H36O6/c1-3-17-15-18(4-1)24-12-8-22-10-14-26-20-6-2-5-19(16-20)25-13-9-21-7-11-23-17/h17-20H,1-16H2. The van der Waals surface area contributed by atoms with Crippen LogP contribution in [0.1, 0.15) is 51.4 Å². The van der Waals surface area contributed by atoms with Crippen molar-refractivity contribution in [3.05, 3.63) is 0 Å². The molecule has 0 spiro atoms. The van der Waals surface area contributed by atoms with Crippen LogP contribution in [0.15, 0.2) is 0 Å². The lowest BCUT2D eigenvalue weighted by Gasteiger charge is -2.30. The lowest BCUT2D eigenvalue weighted by Crippen LogP contribution is -2.31. The summed E-state index contributed by atoms with van der Waals surface area (Å²) in [6.07, 6.45) is 9.99. The molecule has 4 unspecified atom stereocenters. The Morgan fingerprint density at radius 2 is 0.692 bits per heavy atom. The second-order valence-electron chi connectivity index (χ2n) is 7.53. The maximum absolute atomic E-state index is 5.97. The highest BCUT2D eigenvalue weighted by Gasteiger charge is 2.24. The van der Waals surface area contributed by atoms with E-state index in [4.69, 9.17) is 28.4 Å². The summed E-state index contributed by atoms with van der Waals surface area (Å²) in [5.41, 5.74) is 0. The Labute approximate surface area is 157 Å². The summed E-state index contributed by atoms with van der Waals surface area (Å²) >= 11 is 0. The second-order valence-corrected chi connectivity index (χ2v) is 7.53. The van der Waals surface area contributed by atoms with Crippen molar-refractivity contribution in [1.29, 1.82) is 0 Å². The van der Waals surface area contributed by atoms with Crippen LogP contribution in [-0.4, -0.2) is 77.3 Å². The first-order valence-corrected chi connectivity index (χ1v) is 10.5. The van der Waals surface area contributed by atoms with Gasteiger partial charge in [0.05, 0.1) is 77.3 Å². The van der Waals surface area contributed by atoms with E-state index in [0.717, 1.165) is 38.5 Å². The fraction of sp³-hybridized carbons (Fsp3) is 1.00. The molecule has 0 radical (unpaired) electrons. The minimum Gasteiger partial charge on any atom is -0.377 e. The molecule has 0 N–H and O–H groups in total. The van der Waals surface area contributed by atoms with E-state index in [2.05, 4.69) is 0 Å². The predicted octanol–water partition coefficient (Wildman–Crippen LogP) is 2.72. The van der Waals surface area contributed by atoms with Gasteiger partial charge < -0.3 is 28.4 Å². The molecule has 0 aromatic heterocycles. The van der Waals surface area contributed by atoms with Crippen molar-refractivity contribution in [3.8, 4) is 0 Å². The summed E-state index contributed by atoms with van der Waals surface area (Å²) in [4.78, 5) is 0. The Bertz CT molecular complexity index is 304. The normalized spacial score (nSPS) is 36.9. The summed E-state index contributed by atoms with van der Waals surface area (Å²) in [6.45, 7) is 5.15. The second kappa shape index (κ2) is 12.3. The van der Waals surface area contributed by atoms with Gasteiger partial charge in [0, 0.05) is 0 Å². The molecule has 0 aromatic carbocycles. The van der Waals surface area contributed by atoms with E-state index in [1.165, 1.54) is 12.8 Å². The van der Waals surface area contributed by atoms with Crippen LogP contribution in [0, 0.1) is 0 Å². The molecule has 26 heavy (non-hydrogen) atoms. The molecule has 6 heteroatoms. The molecule has 2 aliphatic carbocycles. The Balaban J connectivity index is 1.40. The fourth-order valence-corrected chi connectivity index (χ4v) is 4.11. The van der Waals surface area contributed by atoms with Crippen molar-refractivity contribution in [2.24, 2.45) is 0 Å². The van der Waals surface area contributed by atoms with E-state index in [1.807, 2.05) is 0 Å². The first-order valence-electron chi connectivity index (χ1n) is 10.5. The first kappa shape index (κ1) is 20.5. The van der Waals surface area contributed by atoms with Crippen LogP contribution in [0.4, 0.5) is 0 Å². The maximum Gasteiger partial charge on any atom is 0.0704 e.